The Morgan fingerprint density at radius 1 is 0.889 bits per heavy atom. The maximum Gasteiger partial charge on any atom is 0.254 e. The third-order valence-corrected chi connectivity index (χ3v) is 5.34. The van der Waals surface area contributed by atoms with Crippen molar-refractivity contribution in [1.29, 1.82) is 0 Å². The highest BCUT2D eigenvalue weighted by Crippen LogP contribution is 2.20. The van der Waals surface area contributed by atoms with Gasteiger partial charge in [0.2, 0.25) is 0 Å². The number of benzene rings is 1. The van der Waals surface area contributed by atoms with Gasteiger partial charge in [-0.25, -0.2) is 0 Å². The van der Waals surface area contributed by atoms with Gasteiger partial charge in [-0.3, -0.25) is 14.6 Å². The van der Waals surface area contributed by atoms with Crippen LogP contribution in [0, 0.1) is 0 Å². The first-order chi connectivity index (χ1) is 13.1. The van der Waals surface area contributed by atoms with E-state index >= 15 is 0 Å². The molecule has 0 radical (unpaired) electrons. The molecule has 1 aliphatic rings. The molecule has 0 bridgehead atoms. The van der Waals surface area contributed by atoms with Crippen molar-refractivity contribution >= 4 is 11.8 Å². The van der Waals surface area contributed by atoms with Crippen molar-refractivity contribution in [3.63, 3.8) is 0 Å². The summed E-state index contributed by atoms with van der Waals surface area (Å²) in [6.07, 6.45) is 5.13. The lowest BCUT2D eigenvalue weighted by molar-refractivity contribution is 0.0718. The maximum atomic E-state index is 12.9. The summed E-state index contributed by atoms with van der Waals surface area (Å²) in [5, 5.41) is 0. The standard InChI is InChI=1S/C22H27N3O2/c1-3-17(2)18-5-7-19(8-6-18)21(26)24-13-4-14-25(16-15-24)22(27)20-9-11-23-12-10-20/h5-12,17H,3-4,13-16H2,1-2H3. The Bertz CT molecular complexity index is 774. The molecular formula is C22H27N3O2. The molecule has 2 aromatic rings. The van der Waals surface area contributed by atoms with Crippen LogP contribution in [0.2, 0.25) is 0 Å². The van der Waals surface area contributed by atoms with Crippen LogP contribution in [0.25, 0.3) is 0 Å². The van der Waals surface area contributed by atoms with E-state index in [2.05, 4.69) is 31.0 Å². The third-order valence-electron chi connectivity index (χ3n) is 5.34. The Kier molecular flexibility index (Phi) is 6.22. The number of rotatable bonds is 4. The number of amides is 2. The van der Waals surface area contributed by atoms with Crippen molar-refractivity contribution in [2.45, 2.75) is 32.6 Å². The SMILES string of the molecule is CCC(C)c1ccc(C(=O)N2CCCN(C(=O)c3ccncc3)CC2)cc1. The van der Waals surface area contributed by atoms with Crippen LogP contribution in [0.3, 0.4) is 0 Å². The molecule has 2 amide bonds. The highest BCUT2D eigenvalue weighted by molar-refractivity contribution is 5.95. The summed E-state index contributed by atoms with van der Waals surface area (Å²) in [5.74, 6) is 0.550. The second-order valence-electron chi connectivity index (χ2n) is 7.11. The Morgan fingerprint density at radius 2 is 1.41 bits per heavy atom. The molecular weight excluding hydrogens is 338 g/mol. The van der Waals surface area contributed by atoms with E-state index in [9.17, 15) is 9.59 Å². The fourth-order valence-electron chi connectivity index (χ4n) is 3.37. The van der Waals surface area contributed by atoms with Gasteiger partial charge in [-0.2, -0.15) is 0 Å². The molecule has 1 atom stereocenters. The third kappa shape index (κ3) is 4.54. The van der Waals surface area contributed by atoms with E-state index in [1.54, 1.807) is 24.5 Å². The second-order valence-corrected chi connectivity index (χ2v) is 7.11. The van der Waals surface area contributed by atoms with E-state index in [4.69, 9.17) is 0 Å². The Labute approximate surface area is 161 Å². The zero-order chi connectivity index (χ0) is 19.2. The lowest BCUT2D eigenvalue weighted by Gasteiger charge is -2.22. The minimum atomic E-state index is 0.00426. The highest BCUT2D eigenvalue weighted by Gasteiger charge is 2.23. The Morgan fingerprint density at radius 3 is 1.93 bits per heavy atom. The van der Waals surface area contributed by atoms with Crippen molar-refractivity contribution in [1.82, 2.24) is 14.8 Å². The average Bonchev–Trinajstić information content (AvgIpc) is 2.99. The van der Waals surface area contributed by atoms with Crippen LogP contribution in [0.1, 0.15) is 58.9 Å². The molecule has 1 unspecified atom stereocenters. The fraction of sp³-hybridized carbons (Fsp3) is 0.409. The monoisotopic (exact) mass is 365 g/mol. The molecule has 1 fully saturated rings. The van der Waals surface area contributed by atoms with Crippen molar-refractivity contribution in [3.05, 3.63) is 65.5 Å². The van der Waals surface area contributed by atoms with Crippen molar-refractivity contribution in [3.8, 4) is 0 Å². The molecule has 142 valence electrons. The zero-order valence-electron chi connectivity index (χ0n) is 16.1. The van der Waals surface area contributed by atoms with E-state index in [-0.39, 0.29) is 11.8 Å². The van der Waals surface area contributed by atoms with Gasteiger partial charge >= 0.3 is 0 Å². The van der Waals surface area contributed by atoms with Gasteiger partial charge in [0.15, 0.2) is 0 Å². The van der Waals surface area contributed by atoms with Crippen molar-refractivity contribution in [2.24, 2.45) is 0 Å². The summed E-state index contributed by atoms with van der Waals surface area (Å²) in [7, 11) is 0. The van der Waals surface area contributed by atoms with Gasteiger partial charge < -0.3 is 9.80 Å². The summed E-state index contributed by atoms with van der Waals surface area (Å²) >= 11 is 0. The van der Waals surface area contributed by atoms with Gasteiger partial charge in [0.1, 0.15) is 0 Å². The van der Waals surface area contributed by atoms with Gasteiger partial charge in [0.25, 0.3) is 11.8 Å². The molecule has 1 saturated heterocycles. The van der Waals surface area contributed by atoms with Gasteiger partial charge in [-0.1, -0.05) is 26.0 Å². The van der Waals surface area contributed by atoms with Gasteiger partial charge in [-0.05, 0) is 48.6 Å². The van der Waals surface area contributed by atoms with Gasteiger partial charge in [-0.15, -0.1) is 0 Å². The zero-order valence-corrected chi connectivity index (χ0v) is 16.1. The summed E-state index contributed by atoms with van der Waals surface area (Å²) in [6, 6.07) is 11.4. The van der Waals surface area contributed by atoms with Crippen LogP contribution in [0.15, 0.2) is 48.8 Å². The van der Waals surface area contributed by atoms with E-state index in [1.807, 2.05) is 21.9 Å². The van der Waals surface area contributed by atoms with E-state index in [1.165, 1.54) is 5.56 Å². The normalized spacial score (nSPS) is 15.9. The van der Waals surface area contributed by atoms with Crippen LogP contribution < -0.4 is 0 Å². The average molecular weight is 365 g/mol. The quantitative estimate of drug-likeness (QED) is 0.832. The van der Waals surface area contributed by atoms with Crippen molar-refractivity contribution in [2.75, 3.05) is 26.2 Å². The van der Waals surface area contributed by atoms with Crippen LogP contribution in [-0.2, 0) is 0 Å². The topological polar surface area (TPSA) is 53.5 Å². The van der Waals surface area contributed by atoms with Gasteiger partial charge in [0, 0.05) is 49.7 Å². The lowest BCUT2D eigenvalue weighted by atomic mass is 9.97. The highest BCUT2D eigenvalue weighted by atomic mass is 16.2. The summed E-state index contributed by atoms with van der Waals surface area (Å²) < 4.78 is 0. The van der Waals surface area contributed by atoms with Crippen LogP contribution in [0.5, 0.6) is 0 Å². The molecule has 5 heteroatoms. The number of hydrogen-bond donors (Lipinski definition) is 0. The number of nitrogens with zero attached hydrogens (tertiary/aromatic N) is 3. The largest absolute Gasteiger partial charge is 0.337 e. The number of carbonyl (C=O) groups excluding carboxylic acids is 2. The Balaban J connectivity index is 1.63. The van der Waals surface area contributed by atoms with Crippen molar-refractivity contribution < 1.29 is 9.59 Å². The molecule has 1 aromatic carbocycles. The molecule has 1 aromatic heterocycles. The molecule has 0 spiro atoms. The molecule has 1 aliphatic heterocycles. The predicted octanol–water partition coefficient (Wildman–Crippen LogP) is 3.58. The molecule has 0 N–H and O–H groups in total. The van der Waals surface area contributed by atoms with Crippen LogP contribution in [-0.4, -0.2) is 52.8 Å². The lowest BCUT2D eigenvalue weighted by Crippen LogP contribution is -2.37. The molecule has 2 heterocycles. The summed E-state index contributed by atoms with van der Waals surface area (Å²) in [4.78, 5) is 33.1. The number of carbonyl (C=O) groups is 2. The molecule has 3 rings (SSSR count). The molecule has 0 saturated carbocycles. The first-order valence-corrected chi connectivity index (χ1v) is 9.68. The maximum absolute atomic E-state index is 12.9. The van der Waals surface area contributed by atoms with E-state index in [0.717, 1.165) is 18.4 Å². The predicted molar refractivity (Wildman–Crippen MR) is 106 cm³/mol. The number of hydrogen-bond acceptors (Lipinski definition) is 3. The van der Waals surface area contributed by atoms with E-state index in [0.29, 0.717) is 37.7 Å². The van der Waals surface area contributed by atoms with Crippen LogP contribution in [0.4, 0.5) is 0 Å². The van der Waals surface area contributed by atoms with Crippen LogP contribution >= 0.6 is 0 Å². The second kappa shape index (κ2) is 8.80. The molecule has 27 heavy (non-hydrogen) atoms. The molecule has 0 aliphatic carbocycles. The van der Waals surface area contributed by atoms with E-state index < -0.39 is 0 Å². The minimum absolute atomic E-state index is 0.00426. The summed E-state index contributed by atoms with van der Waals surface area (Å²) in [6.45, 7) is 6.81. The first-order valence-electron chi connectivity index (χ1n) is 9.68. The molecule has 5 nitrogen and oxygen atoms in total. The first kappa shape index (κ1) is 19.1. The Hall–Kier alpha value is -2.69. The smallest absolute Gasteiger partial charge is 0.254 e. The summed E-state index contributed by atoms with van der Waals surface area (Å²) in [5.41, 5.74) is 2.63. The fourth-order valence-corrected chi connectivity index (χ4v) is 3.37. The number of aromatic nitrogens is 1. The number of pyridine rings is 1. The van der Waals surface area contributed by atoms with Gasteiger partial charge in [0.05, 0.1) is 0 Å². The minimum Gasteiger partial charge on any atom is -0.337 e.